The fraction of sp³-hybridized carbons (Fsp3) is 0.333. The van der Waals surface area contributed by atoms with E-state index in [1.807, 2.05) is 29.0 Å². The Morgan fingerprint density at radius 3 is 2.74 bits per heavy atom. The van der Waals surface area contributed by atoms with Gasteiger partial charge in [0.25, 0.3) is 0 Å². The van der Waals surface area contributed by atoms with Crippen molar-refractivity contribution in [1.82, 2.24) is 10.6 Å². The van der Waals surface area contributed by atoms with Crippen molar-refractivity contribution in [2.75, 3.05) is 20.3 Å². The minimum atomic E-state index is -0.686. The molecule has 0 spiro atoms. The van der Waals surface area contributed by atoms with Crippen LogP contribution in [-0.2, 0) is 20.9 Å². The van der Waals surface area contributed by atoms with E-state index in [0.717, 1.165) is 15.3 Å². The molecule has 2 rings (SSSR count). The van der Waals surface area contributed by atoms with Gasteiger partial charge in [-0.15, -0.1) is 11.3 Å². The molecule has 0 fully saturated rings. The second-order valence-electron chi connectivity index (χ2n) is 4.69. The number of amides is 2. The molecular weight excluding hydrogens is 336 g/mol. The van der Waals surface area contributed by atoms with Crippen LogP contribution in [0.1, 0.15) is 21.4 Å². The van der Waals surface area contributed by atoms with Crippen molar-refractivity contribution < 1.29 is 19.4 Å². The first-order valence-electron chi connectivity index (χ1n) is 6.95. The van der Waals surface area contributed by atoms with Crippen LogP contribution in [0.15, 0.2) is 29.0 Å². The van der Waals surface area contributed by atoms with Crippen LogP contribution >= 0.6 is 22.7 Å². The third-order valence-electron chi connectivity index (χ3n) is 3.03. The fourth-order valence-electron chi connectivity index (χ4n) is 1.83. The molecule has 0 saturated carbocycles. The summed E-state index contributed by atoms with van der Waals surface area (Å²) >= 11 is 2.93. The highest BCUT2D eigenvalue weighted by atomic mass is 32.1. The van der Waals surface area contributed by atoms with Gasteiger partial charge in [-0.05, 0) is 34.5 Å². The van der Waals surface area contributed by atoms with Gasteiger partial charge in [-0.25, -0.2) is 0 Å². The largest absolute Gasteiger partial charge is 0.383 e. The average molecular weight is 354 g/mol. The van der Waals surface area contributed by atoms with Crippen LogP contribution in [0.25, 0.3) is 0 Å². The lowest BCUT2D eigenvalue weighted by Gasteiger charge is -2.06. The minimum absolute atomic E-state index is 0.248. The fourth-order valence-corrected chi connectivity index (χ4v) is 3.47. The van der Waals surface area contributed by atoms with Gasteiger partial charge in [0, 0.05) is 23.4 Å². The molecule has 0 aliphatic rings. The first-order chi connectivity index (χ1) is 11.1. The Labute approximate surface area is 142 Å². The number of aliphatic hydroxyl groups is 1. The summed E-state index contributed by atoms with van der Waals surface area (Å²) in [6.45, 7) is 0.893. The Bertz CT molecular complexity index is 640. The van der Waals surface area contributed by atoms with Crippen LogP contribution in [0, 0.1) is 0 Å². The number of ether oxygens (including phenoxy) is 1. The molecule has 2 amide bonds. The van der Waals surface area contributed by atoms with E-state index in [2.05, 4.69) is 10.6 Å². The molecule has 23 heavy (non-hydrogen) atoms. The van der Waals surface area contributed by atoms with E-state index in [9.17, 15) is 14.7 Å². The summed E-state index contributed by atoms with van der Waals surface area (Å²) in [5.74, 6) is -1.37. The quantitative estimate of drug-likeness (QED) is 0.516. The van der Waals surface area contributed by atoms with Gasteiger partial charge >= 0.3 is 11.8 Å². The van der Waals surface area contributed by atoms with Crippen molar-refractivity contribution in [3.8, 4) is 0 Å². The molecule has 6 nitrogen and oxygen atoms in total. The van der Waals surface area contributed by atoms with Gasteiger partial charge in [0.05, 0.1) is 13.2 Å². The number of methoxy groups -OCH3 is 1. The molecule has 1 unspecified atom stereocenters. The van der Waals surface area contributed by atoms with Crippen LogP contribution in [0.3, 0.4) is 0 Å². The SMILES string of the molecule is COCCNC(=O)C(=O)NCc1ccc(C(O)c2ccsc2)s1. The van der Waals surface area contributed by atoms with E-state index >= 15 is 0 Å². The van der Waals surface area contributed by atoms with Gasteiger partial charge in [-0.1, -0.05) is 0 Å². The van der Waals surface area contributed by atoms with E-state index in [1.165, 1.54) is 29.8 Å². The smallest absolute Gasteiger partial charge is 0.309 e. The summed E-state index contributed by atoms with van der Waals surface area (Å²) in [5.41, 5.74) is 0.852. The molecule has 0 bridgehead atoms. The highest BCUT2D eigenvalue weighted by molar-refractivity contribution is 7.12. The highest BCUT2D eigenvalue weighted by Gasteiger charge is 2.15. The van der Waals surface area contributed by atoms with Crippen molar-refractivity contribution >= 4 is 34.5 Å². The van der Waals surface area contributed by atoms with Gasteiger partial charge < -0.3 is 20.5 Å². The standard InChI is InChI=1S/C15H18N2O4S2/c1-21-6-5-16-14(19)15(20)17-8-11-2-3-12(23-11)13(18)10-4-7-22-9-10/h2-4,7,9,13,18H,5-6,8H2,1H3,(H,16,19)(H,17,20). The van der Waals surface area contributed by atoms with Crippen LogP contribution in [0.2, 0.25) is 0 Å². The maximum Gasteiger partial charge on any atom is 0.309 e. The summed E-state index contributed by atoms with van der Waals surface area (Å²) < 4.78 is 4.79. The van der Waals surface area contributed by atoms with Crippen molar-refractivity contribution in [2.24, 2.45) is 0 Å². The van der Waals surface area contributed by atoms with Crippen LogP contribution in [0.5, 0.6) is 0 Å². The van der Waals surface area contributed by atoms with Crippen molar-refractivity contribution in [3.05, 3.63) is 44.3 Å². The van der Waals surface area contributed by atoms with E-state index < -0.39 is 17.9 Å². The second-order valence-corrected chi connectivity index (χ2v) is 6.67. The number of thiophene rings is 2. The lowest BCUT2D eigenvalue weighted by atomic mass is 10.2. The van der Waals surface area contributed by atoms with Gasteiger partial charge in [0.2, 0.25) is 0 Å². The predicted molar refractivity (Wildman–Crippen MR) is 89.4 cm³/mol. The Balaban J connectivity index is 1.82. The third kappa shape index (κ3) is 5.14. The molecule has 2 aromatic rings. The maximum atomic E-state index is 11.6. The van der Waals surface area contributed by atoms with Crippen molar-refractivity contribution in [3.63, 3.8) is 0 Å². The molecule has 2 aromatic heterocycles. The molecule has 0 aliphatic heterocycles. The van der Waals surface area contributed by atoms with E-state index in [4.69, 9.17) is 4.74 Å². The number of carbonyl (C=O) groups is 2. The zero-order valence-electron chi connectivity index (χ0n) is 12.6. The molecule has 2 heterocycles. The lowest BCUT2D eigenvalue weighted by molar-refractivity contribution is -0.139. The monoisotopic (exact) mass is 354 g/mol. The van der Waals surface area contributed by atoms with Crippen LogP contribution in [0.4, 0.5) is 0 Å². The van der Waals surface area contributed by atoms with Crippen molar-refractivity contribution in [1.29, 1.82) is 0 Å². The normalized spacial score (nSPS) is 11.9. The minimum Gasteiger partial charge on any atom is -0.383 e. The summed E-state index contributed by atoms with van der Waals surface area (Å²) in [6, 6.07) is 5.53. The van der Waals surface area contributed by atoms with Crippen molar-refractivity contribution in [2.45, 2.75) is 12.6 Å². The number of rotatable bonds is 7. The van der Waals surface area contributed by atoms with Crippen LogP contribution < -0.4 is 10.6 Å². The Kier molecular flexibility index (Phi) is 6.72. The van der Waals surface area contributed by atoms with Gasteiger partial charge in [0.1, 0.15) is 6.10 Å². The molecule has 3 N–H and O–H groups in total. The number of hydrogen-bond acceptors (Lipinski definition) is 6. The summed E-state index contributed by atoms with van der Waals surface area (Å²) in [5, 5.41) is 19.0. The highest BCUT2D eigenvalue weighted by Crippen LogP contribution is 2.29. The van der Waals surface area contributed by atoms with E-state index in [-0.39, 0.29) is 6.54 Å². The number of aliphatic hydroxyl groups excluding tert-OH is 1. The Morgan fingerprint density at radius 2 is 2.04 bits per heavy atom. The first-order valence-corrected chi connectivity index (χ1v) is 8.71. The number of carbonyl (C=O) groups excluding carboxylic acids is 2. The van der Waals surface area contributed by atoms with E-state index in [1.54, 1.807) is 0 Å². The molecule has 1 atom stereocenters. The molecular formula is C15H18N2O4S2. The zero-order chi connectivity index (χ0) is 16.7. The number of nitrogens with one attached hydrogen (secondary N) is 2. The molecule has 0 aromatic carbocycles. The average Bonchev–Trinajstić information content (AvgIpc) is 3.23. The second kappa shape index (κ2) is 8.78. The predicted octanol–water partition coefficient (Wildman–Crippen LogP) is 1.27. The number of hydrogen-bond donors (Lipinski definition) is 3. The summed E-state index contributed by atoms with van der Waals surface area (Å²) in [6.07, 6.45) is -0.659. The Hall–Kier alpha value is -1.74. The van der Waals surface area contributed by atoms with E-state index in [0.29, 0.717) is 13.2 Å². The summed E-state index contributed by atoms with van der Waals surface area (Å²) in [4.78, 5) is 24.8. The van der Waals surface area contributed by atoms with Gasteiger partial charge in [-0.3, -0.25) is 9.59 Å². The van der Waals surface area contributed by atoms with Gasteiger partial charge in [0.15, 0.2) is 0 Å². The van der Waals surface area contributed by atoms with Gasteiger partial charge in [-0.2, -0.15) is 11.3 Å². The Morgan fingerprint density at radius 1 is 1.26 bits per heavy atom. The van der Waals surface area contributed by atoms with Crippen LogP contribution in [-0.4, -0.2) is 37.2 Å². The molecule has 0 aliphatic carbocycles. The maximum absolute atomic E-state index is 11.6. The molecule has 8 heteroatoms. The lowest BCUT2D eigenvalue weighted by Crippen LogP contribution is -2.40. The third-order valence-corrected chi connectivity index (χ3v) is 4.87. The topological polar surface area (TPSA) is 87.7 Å². The first kappa shape index (κ1) is 17.6. The molecule has 0 saturated heterocycles. The summed E-state index contributed by atoms with van der Waals surface area (Å²) in [7, 11) is 1.52. The zero-order valence-corrected chi connectivity index (χ0v) is 14.2. The molecule has 0 radical (unpaired) electrons. The molecule has 124 valence electrons.